The van der Waals surface area contributed by atoms with Gasteiger partial charge in [0.2, 0.25) is 0 Å². The molecular formula is C13H19NO2. The Morgan fingerprint density at radius 2 is 1.81 bits per heavy atom. The smallest absolute Gasteiger partial charge is 0.330 e. The van der Waals surface area contributed by atoms with Crippen LogP contribution in [0.3, 0.4) is 0 Å². The van der Waals surface area contributed by atoms with Gasteiger partial charge in [-0.05, 0) is 33.3 Å². The molecule has 0 amide bonds. The number of hydrogen-bond acceptors (Lipinski definition) is 3. The maximum Gasteiger partial charge on any atom is 0.330 e. The van der Waals surface area contributed by atoms with Crippen LogP contribution in [0.25, 0.3) is 0 Å². The minimum atomic E-state index is -0.483. The topological polar surface area (TPSA) is 38.3 Å². The fraction of sp³-hybridized carbons (Fsp3) is 0.462. The third-order valence-corrected chi connectivity index (χ3v) is 2.24. The molecule has 0 aromatic heterocycles. The molecule has 1 N–H and O–H groups in total. The van der Waals surface area contributed by atoms with Gasteiger partial charge < -0.3 is 4.84 Å². The number of hydroxylamine groups is 1. The molecule has 0 fully saturated rings. The average molecular weight is 221 g/mol. The highest BCUT2D eigenvalue weighted by Gasteiger charge is 2.24. The molecule has 0 saturated heterocycles. The Bertz CT molecular complexity index is 341. The minimum Gasteiger partial charge on any atom is -0.370 e. The second-order valence-corrected chi connectivity index (χ2v) is 4.89. The number of hydrogen-bond donors (Lipinski definition) is 1. The van der Waals surface area contributed by atoms with Crippen LogP contribution in [0.15, 0.2) is 30.3 Å². The molecule has 3 nitrogen and oxygen atoms in total. The van der Waals surface area contributed by atoms with E-state index in [9.17, 15) is 4.79 Å². The molecular weight excluding hydrogens is 202 g/mol. The normalized spacial score (nSPS) is 13.2. The summed E-state index contributed by atoms with van der Waals surface area (Å²) >= 11 is 0. The molecule has 0 unspecified atom stereocenters. The van der Waals surface area contributed by atoms with Gasteiger partial charge in [0.05, 0.1) is 11.5 Å². The Morgan fingerprint density at radius 1 is 1.25 bits per heavy atom. The molecule has 3 heteroatoms. The van der Waals surface area contributed by atoms with Crippen LogP contribution in [0.5, 0.6) is 0 Å². The van der Waals surface area contributed by atoms with E-state index in [2.05, 4.69) is 5.48 Å². The summed E-state index contributed by atoms with van der Waals surface area (Å²) in [6, 6.07) is 9.84. The van der Waals surface area contributed by atoms with E-state index in [0.29, 0.717) is 0 Å². The highest BCUT2D eigenvalue weighted by atomic mass is 16.7. The average Bonchev–Trinajstić information content (AvgIpc) is 2.25. The highest BCUT2D eigenvalue weighted by molar-refractivity contribution is 5.75. The van der Waals surface area contributed by atoms with Gasteiger partial charge >= 0.3 is 5.97 Å². The predicted octanol–water partition coefficient (Wildman–Crippen LogP) is 2.84. The first-order chi connectivity index (χ1) is 7.41. The summed E-state index contributed by atoms with van der Waals surface area (Å²) in [5, 5.41) is 0. The van der Waals surface area contributed by atoms with E-state index in [-0.39, 0.29) is 12.0 Å². The van der Waals surface area contributed by atoms with E-state index in [1.807, 2.05) is 58.0 Å². The van der Waals surface area contributed by atoms with Gasteiger partial charge in [-0.2, -0.15) is 0 Å². The zero-order chi connectivity index (χ0) is 12.2. The third-order valence-electron chi connectivity index (χ3n) is 2.24. The molecule has 0 heterocycles. The molecule has 0 aliphatic carbocycles. The summed E-state index contributed by atoms with van der Waals surface area (Å²) in [5.74, 6) is -0.254. The maximum absolute atomic E-state index is 11.5. The molecule has 88 valence electrons. The largest absolute Gasteiger partial charge is 0.370 e. The SMILES string of the molecule is C[C@H](NOC(=O)C(C)(C)C)c1ccccc1. The van der Waals surface area contributed by atoms with Crippen molar-refractivity contribution in [1.82, 2.24) is 5.48 Å². The molecule has 0 spiro atoms. The van der Waals surface area contributed by atoms with Crippen molar-refractivity contribution in [3.8, 4) is 0 Å². The lowest BCUT2D eigenvalue weighted by molar-refractivity contribution is -0.162. The summed E-state index contributed by atoms with van der Waals surface area (Å²) < 4.78 is 0. The number of rotatable bonds is 3. The van der Waals surface area contributed by atoms with Crippen molar-refractivity contribution in [1.29, 1.82) is 0 Å². The van der Waals surface area contributed by atoms with Crippen LogP contribution in [0.4, 0.5) is 0 Å². The van der Waals surface area contributed by atoms with Gasteiger partial charge in [0.25, 0.3) is 0 Å². The second kappa shape index (κ2) is 5.12. The molecule has 0 bridgehead atoms. The molecule has 0 aliphatic heterocycles. The Hall–Kier alpha value is -1.35. The van der Waals surface area contributed by atoms with Crippen LogP contribution in [-0.4, -0.2) is 5.97 Å². The lowest BCUT2D eigenvalue weighted by Gasteiger charge is -2.19. The van der Waals surface area contributed by atoms with Crippen molar-refractivity contribution in [3.05, 3.63) is 35.9 Å². The van der Waals surface area contributed by atoms with Crippen LogP contribution < -0.4 is 5.48 Å². The first-order valence-electron chi connectivity index (χ1n) is 5.43. The Kier molecular flexibility index (Phi) is 4.07. The van der Waals surface area contributed by atoms with Gasteiger partial charge in [0, 0.05) is 0 Å². The molecule has 16 heavy (non-hydrogen) atoms. The third kappa shape index (κ3) is 3.66. The van der Waals surface area contributed by atoms with Gasteiger partial charge in [0.15, 0.2) is 0 Å². The zero-order valence-electron chi connectivity index (χ0n) is 10.3. The van der Waals surface area contributed by atoms with Crippen LogP contribution in [-0.2, 0) is 9.63 Å². The van der Waals surface area contributed by atoms with Gasteiger partial charge in [-0.25, -0.2) is 4.79 Å². The van der Waals surface area contributed by atoms with E-state index in [1.54, 1.807) is 0 Å². The number of carbonyl (C=O) groups excluding carboxylic acids is 1. The van der Waals surface area contributed by atoms with Crippen molar-refractivity contribution in [3.63, 3.8) is 0 Å². The first kappa shape index (κ1) is 12.7. The van der Waals surface area contributed by atoms with Crippen LogP contribution in [0.2, 0.25) is 0 Å². The van der Waals surface area contributed by atoms with E-state index in [4.69, 9.17) is 4.84 Å². The maximum atomic E-state index is 11.5. The van der Waals surface area contributed by atoms with Crippen molar-refractivity contribution in [2.75, 3.05) is 0 Å². The van der Waals surface area contributed by atoms with Crippen LogP contribution in [0.1, 0.15) is 39.3 Å². The lowest BCUT2D eigenvalue weighted by atomic mass is 9.98. The van der Waals surface area contributed by atoms with Gasteiger partial charge in [-0.3, -0.25) is 0 Å². The highest BCUT2D eigenvalue weighted by Crippen LogP contribution is 2.16. The Balaban J connectivity index is 2.48. The molecule has 1 aromatic rings. The van der Waals surface area contributed by atoms with Crippen molar-refractivity contribution >= 4 is 5.97 Å². The molecule has 0 radical (unpaired) electrons. The number of carbonyl (C=O) groups is 1. The quantitative estimate of drug-likeness (QED) is 0.798. The van der Waals surface area contributed by atoms with Gasteiger partial charge in [0.1, 0.15) is 0 Å². The molecule has 1 aromatic carbocycles. The predicted molar refractivity (Wildman–Crippen MR) is 63.5 cm³/mol. The number of nitrogens with one attached hydrogen (secondary N) is 1. The van der Waals surface area contributed by atoms with Gasteiger partial charge in [-0.1, -0.05) is 30.3 Å². The Morgan fingerprint density at radius 3 is 2.31 bits per heavy atom. The van der Waals surface area contributed by atoms with E-state index in [1.165, 1.54) is 0 Å². The molecule has 0 aliphatic rings. The van der Waals surface area contributed by atoms with Crippen LogP contribution in [0, 0.1) is 5.41 Å². The number of benzene rings is 1. The fourth-order valence-corrected chi connectivity index (χ4v) is 1.10. The molecule has 0 saturated carbocycles. The summed E-state index contributed by atoms with van der Waals surface area (Å²) in [6.45, 7) is 7.42. The zero-order valence-corrected chi connectivity index (χ0v) is 10.3. The van der Waals surface area contributed by atoms with Crippen molar-refractivity contribution in [2.24, 2.45) is 5.41 Å². The van der Waals surface area contributed by atoms with Gasteiger partial charge in [-0.15, -0.1) is 5.48 Å². The van der Waals surface area contributed by atoms with E-state index < -0.39 is 5.41 Å². The second-order valence-electron chi connectivity index (χ2n) is 4.89. The standard InChI is InChI=1S/C13H19NO2/c1-10(11-8-6-5-7-9-11)14-16-12(15)13(2,3)4/h5-10,14H,1-4H3/t10-/m0/s1. The summed E-state index contributed by atoms with van der Waals surface area (Å²) in [4.78, 5) is 16.5. The summed E-state index contributed by atoms with van der Waals surface area (Å²) in [5.41, 5.74) is 3.36. The van der Waals surface area contributed by atoms with Crippen molar-refractivity contribution < 1.29 is 9.63 Å². The Labute approximate surface area is 96.8 Å². The summed E-state index contributed by atoms with van der Waals surface area (Å²) in [6.07, 6.45) is 0. The minimum absolute atomic E-state index is 0.00694. The van der Waals surface area contributed by atoms with Crippen molar-refractivity contribution in [2.45, 2.75) is 33.7 Å². The molecule has 1 rings (SSSR count). The summed E-state index contributed by atoms with van der Waals surface area (Å²) in [7, 11) is 0. The first-order valence-corrected chi connectivity index (χ1v) is 5.43. The molecule has 1 atom stereocenters. The van der Waals surface area contributed by atoms with E-state index >= 15 is 0 Å². The van der Waals surface area contributed by atoms with E-state index in [0.717, 1.165) is 5.56 Å². The fourth-order valence-electron chi connectivity index (χ4n) is 1.10. The monoisotopic (exact) mass is 221 g/mol. The van der Waals surface area contributed by atoms with Crippen LogP contribution >= 0.6 is 0 Å². The lowest BCUT2D eigenvalue weighted by Crippen LogP contribution is -2.31.